The van der Waals surface area contributed by atoms with Crippen LogP contribution in [0.1, 0.15) is 13.3 Å². The van der Waals surface area contributed by atoms with Crippen molar-refractivity contribution < 1.29 is 13.2 Å². The molecule has 0 fully saturated rings. The smallest absolute Gasteiger partial charge is 0.273 e. The Kier molecular flexibility index (Phi) is 4.05. The maximum absolute atomic E-state index is 11.6. The van der Waals surface area contributed by atoms with E-state index in [9.17, 15) is 8.42 Å². The van der Waals surface area contributed by atoms with Gasteiger partial charge in [0.05, 0.1) is 12.7 Å². The summed E-state index contributed by atoms with van der Waals surface area (Å²) in [5.74, 6) is 1.02. The van der Waals surface area contributed by atoms with Gasteiger partial charge in [-0.1, -0.05) is 19.1 Å². The Hall–Kier alpha value is -1.93. The summed E-state index contributed by atoms with van der Waals surface area (Å²) < 4.78 is 29.9. The van der Waals surface area contributed by atoms with Crippen molar-refractivity contribution in [2.24, 2.45) is 5.14 Å². The Morgan fingerprint density at radius 3 is 2.60 bits per heavy atom. The van der Waals surface area contributed by atoms with Crippen LogP contribution in [0.2, 0.25) is 0 Å². The first-order chi connectivity index (χ1) is 9.49. The van der Waals surface area contributed by atoms with Crippen molar-refractivity contribution in [2.75, 3.05) is 7.11 Å². The van der Waals surface area contributed by atoms with E-state index in [1.165, 1.54) is 4.57 Å². The number of hydrogen-bond acceptors (Lipinski definition) is 5. The highest BCUT2D eigenvalue weighted by atomic mass is 32.2. The fourth-order valence-corrected chi connectivity index (χ4v) is 2.59. The lowest BCUT2D eigenvalue weighted by molar-refractivity contribution is 0.415. The number of primary sulfonamides is 1. The van der Waals surface area contributed by atoms with Gasteiger partial charge in [-0.25, -0.2) is 13.6 Å². The molecule has 2 aromatic rings. The first kappa shape index (κ1) is 14.5. The number of para-hydroxylation sites is 1. The molecule has 2 N–H and O–H groups in total. The van der Waals surface area contributed by atoms with Gasteiger partial charge in [0, 0.05) is 6.54 Å². The van der Waals surface area contributed by atoms with E-state index in [-0.39, 0.29) is 5.16 Å². The zero-order chi connectivity index (χ0) is 14.8. The van der Waals surface area contributed by atoms with E-state index in [4.69, 9.17) is 9.88 Å². The minimum atomic E-state index is -3.91. The maximum atomic E-state index is 11.6. The molecule has 0 amide bonds. The lowest BCUT2D eigenvalue weighted by Gasteiger charge is -2.10. The van der Waals surface area contributed by atoms with Crippen LogP contribution in [0.4, 0.5) is 0 Å². The standard InChI is InChI=1S/C12H16N4O3S/c1-3-8-16-11(14-15-12(16)20(13,17)18)9-6-4-5-7-10(9)19-2/h4-7H,3,8H2,1-2H3,(H2,13,17,18). The minimum absolute atomic E-state index is 0.236. The number of methoxy groups -OCH3 is 1. The van der Waals surface area contributed by atoms with Crippen molar-refractivity contribution in [3.63, 3.8) is 0 Å². The van der Waals surface area contributed by atoms with Crippen molar-refractivity contribution in [3.8, 4) is 17.1 Å². The average Bonchev–Trinajstić information content (AvgIpc) is 2.82. The molecule has 0 radical (unpaired) electrons. The lowest BCUT2D eigenvalue weighted by atomic mass is 10.2. The molecule has 0 atom stereocenters. The third-order valence-electron chi connectivity index (χ3n) is 2.77. The third-order valence-corrected chi connectivity index (χ3v) is 3.58. The van der Waals surface area contributed by atoms with Gasteiger partial charge in [-0.05, 0) is 18.6 Å². The summed E-state index contributed by atoms with van der Waals surface area (Å²) in [4.78, 5) is 0. The monoisotopic (exact) mass is 296 g/mol. The molecule has 0 saturated carbocycles. The quantitative estimate of drug-likeness (QED) is 0.887. The molecule has 2 rings (SSSR count). The topological polar surface area (TPSA) is 100 Å². The molecule has 0 spiro atoms. The number of rotatable bonds is 5. The molecule has 0 unspecified atom stereocenters. The summed E-state index contributed by atoms with van der Waals surface area (Å²) in [5.41, 5.74) is 0.672. The molecule has 0 bridgehead atoms. The van der Waals surface area contributed by atoms with Crippen LogP contribution >= 0.6 is 0 Å². The Morgan fingerprint density at radius 2 is 2.00 bits per heavy atom. The summed E-state index contributed by atoms with van der Waals surface area (Å²) in [5, 5.41) is 12.6. The van der Waals surface area contributed by atoms with E-state index in [2.05, 4.69) is 10.2 Å². The van der Waals surface area contributed by atoms with Crippen LogP contribution in [0.5, 0.6) is 5.75 Å². The van der Waals surface area contributed by atoms with Crippen molar-refractivity contribution >= 4 is 10.0 Å². The predicted molar refractivity (Wildman–Crippen MR) is 73.7 cm³/mol. The highest BCUT2D eigenvalue weighted by Gasteiger charge is 2.22. The van der Waals surface area contributed by atoms with E-state index < -0.39 is 10.0 Å². The SMILES string of the molecule is CCCn1c(-c2ccccc2OC)nnc1S(N)(=O)=O. The highest BCUT2D eigenvalue weighted by molar-refractivity contribution is 7.89. The van der Waals surface area contributed by atoms with Crippen molar-refractivity contribution in [3.05, 3.63) is 24.3 Å². The van der Waals surface area contributed by atoms with Gasteiger partial charge in [-0.15, -0.1) is 10.2 Å². The van der Waals surface area contributed by atoms with Crippen LogP contribution < -0.4 is 9.88 Å². The fraction of sp³-hybridized carbons (Fsp3) is 0.333. The van der Waals surface area contributed by atoms with Crippen LogP contribution in [0.15, 0.2) is 29.4 Å². The molecule has 1 aromatic heterocycles. The molecule has 7 nitrogen and oxygen atoms in total. The van der Waals surface area contributed by atoms with E-state index in [0.717, 1.165) is 6.42 Å². The Labute approximate surface area is 117 Å². The van der Waals surface area contributed by atoms with Crippen molar-refractivity contribution in [1.29, 1.82) is 0 Å². The van der Waals surface area contributed by atoms with Gasteiger partial charge in [0.25, 0.3) is 15.2 Å². The minimum Gasteiger partial charge on any atom is -0.496 e. The Balaban J connectivity index is 2.66. The summed E-state index contributed by atoms with van der Waals surface area (Å²) in [7, 11) is -2.37. The van der Waals surface area contributed by atoms with E-state index >= 15 is 0 Å². The normalized spacial score (nSPS) is 11.6. The molecule has 1 heterocycles. The van der Waals surface area contributed by atoms with E-state index in [1.807, 2.05) is 19.1 Å². The second-order valence-corrected chi connectivity index (χ2v) is 5.66. The van der Waals surface area contributed by atoms with Gasteiger partial charge in [-0.3, -0.25) is 4.57 Å². The molecule has 0 aliphatic heterocycles. The molecular formula is C12H16N4O3S. The molecular weight excluding hydrogens is 280 g/mol. The number of nitrogens with two attached hydrogens (primary N) is 1. The number of sulfonamides is 1. The Morgan fingerprint density at radius 1 is 1.30 bits per heavy atom. The van der Waals surface area contributed by atoms with Crippen LogP contribution in [-0.2, 0) is 16.6 Å². The second-order valence-electron chi connectivity index (χ2n) is 4.20. The van der Waals surface area contributed by atoms with Crippen LogP contribution in [0.3, 0.4) is 0 Å². The van der Waals surface area contributed by atoms with Crippen LogP contribution in [-0.4, -0.2) is 30.3 Å². The van der Waals surface area contributed by atoms with Gasteiger partial charge in [0.2, 0.25) is 0 Å². The number of ether oxygens (including phenoxy) is 1. The molecule has 20 heavy (non-hydrogen) atoms. The van der Waals surface area contributed by atoms with Crippen LogP contribution in [0, 0.1) is 0 Å². The molecule has 0 aliphatic carbocycles. The van der Waals surface area contributed by atoms with Gasteiger partial charge in [-0.2, -0.15) is 0 Å². The average molecular weight is 296 g/mol. The zero-order valence-electron chi connectivity index (χ0n) is 11.3. The fourth-order valence-electron chi connectivity index (χ4n) is 1.95. The summed E-state index contributed by atoms with van der Waals surface area (Å²) in [6.07, 6.45) is 0.725. The first-order valence-electron chi connectivity index (χ1n) is 6.08. The molecule has 0 saturated heterocycles. The zero-order valence-corrected chi connectivity index (χ0v) is 12.1. The predicted octanol–water partition coefficient (Wildman–Crippen LogP) is 1.01. The van der Waals surface area contributed by atoms with Gasteiger partial charge in [0.1, 0.15) is 5.75 Å². The number of hydrogen-bond donors (Lipinski definition) is 1. The molecule has 1 aromatic carbocycles. The van der Waals surface area contributed by atoms with Gasteiger partial charge < -0.3 is 4.74 Å². The molecule has 8 heteroatoms. The van der Waals surface area contributed by atoms with E-state index in [1.54, 1.807) is 19.2 Å². The highest BCUT2D eigenvalue weighted by Crippen LogP contribution is 2.29. The lowest BCUT2D eigenvalue weighted by Crippen LogP contribution is -2.19. The van der Waals surface area contributed by atoms with Crippen molar-refractivity contribution in [2.45, 2.75) is 25.0 Å². The maximum Gasteiger partial charge on any atom is 0.273 e. The second kappa shape index (κ2) is 5.59. The summed E-state index contributed by atoms with van der Waals surface area (Å²) in [6.45, 7) is 2.38. The largest absolute Gasteiger partial charge is 0.496 e. The third kappa shape index (κ3) is 2.66. The first-order valence-corrected chi connectivity index (χ1v) is 7.63. The number of benzene rings is 1. The van der Waals surface area contributed by atoms with Gasteiger partial charge in [0.15, 0.2) is 5.82 Å². The Bertz CT molecular complexity index is 709. The summed E-state index contributed by atoms with van der Waals surface area (Å²) in [6, 6.07) is 7.21. The van der Waals surface area contributed by atoms with Crippen molar-refractivity contribution in [1.82, 2.24) is 14.8 Å². The number of nitrogens with zero attached hydrogens (tertiary/aromatic N) is 3. The van der Waals surface area contributed by atoms with Crippen LogP contribution in [0.25, 0.3) is 11.4 Å². The molecule has 108 valence electrons. The molecule has 0 aliphatic rings. The number of aromatic nitrogens is 3. The van der Waals surface area contributed by atoms with Gasteiger partial charge >= 0.3 is 0 Å². The van der Waals surface area contributed by atoms with E-state index in [0.29, 0.717) is 23.7 Å². The summed E-state index contributed by atoms with van der Waals surface area (Å²) >= 11 is 0.